The first-order valence-electron chi connectivity index (χ1n) is 7.27. The first-order valence-corrected chi connectivity index (χ1v) is 7.27. The van der Waals surface area contributed by atoms with Crippen molar-refractivity contribution in [3.63, 3.8) is 0 Å². The molecule has 2 rings (SSSR count). The number of carboxylic acid groups (broad SMARTS) is 1. The van der Waals surface area contributed by atoms with Crippen LogP contribution in [0.2, 0.25) is 0 Å². The van der Waals surface area contributed by atoms with Gasteiger partial charge in [0.05, 0.1) is 19.3 Å². The monoisotopic (exact) mass is 308 g/mol. The minimum absolute atomic E-state index is 0.0117. The van der Waals surface area contributed by atoms with E-state index in [2.05, 4.69) is 4.98 Å². The number of amides is 1. The third-order valence-corrected chi connectivity index (χ3v) is 3.51. The van der Waals surface area contributed by atoms with E-state index < -0.39 is 12.1 Å². The molecule has 7 nitrogen and oxygen atoms in total. The van der Waals surface area contributed by atoms with Crippen LogP contribution in [0.5, 0.6) is 5.88 Å². The van der Waals surface area contributed by atoms with E-state index in [1.165, 1.54) is 11.1 Å². The van der Waals surface area contributed by atoms with Crippen LogP contribution in [0.3, 0.4) is 0 Å². The zero-order chi connectivity index (χ0) is 16.1. The molecule has 1 amide bonds. The summed E-state index contributed by atoms with van der Waals surface area (Å²) in [6.07, 6.45) is 1.39. The second kappa shape index (κ2) is 7.22. The summed E-state index contributed by atoms with van der Waals surface area (Å²) in [5.41, 5.74) is 0.430. The Morgan fingerprint density at radius 3 is 3.05 bits per heavy atom. The number of aliphatic carboxylic acids is 1. The lowest BCUT2D eigenvalue weighted by Gasteiger charge is -2.30. The highest BCUT2D eigenvalue weighted by Crippen LogP contribution is 2.16. The number of morpholine rings is 1. The maximum absolute atomic E-state index is 12.5. The number of carbonyl (C=O) groups excluding carboxylic acids is 1. The molecule has 2 heterocycles. The van der Waals surface area contributed by atoms with E-state index in [0.717, 1.165) is 6.42 Å². The van der Waals surface area contributed by atoms with Crippen LogP contribution in [0, 0.1) is 0 Å². The number of nitrogens with zero attached hydrogens (tertiary/aromatic N) is 2. The molecule has 0 radical (unpaired) electrons. The summed E-state index contributed by atoms with van der Waals surface area (Å²) < 4.78 is 10.7. The van der Waals surface area contributed by atoms with Crippen molar-refractivity contribution in [1.82, 2.24) is 9.88 Å². The second-order valence-electron chi connectivity index (χ2n) is 5.17. The van der Waals surface area contributed by atoms with Gasteiger partial charge in [0, 0.05) is 24.4 Å². The van der Waals surface area contributed by atoms with E-state index in [1.807, 2.05) is 13.8 Å². The molecule has 2 atom stereocenters. The highest BCUT2D eigenvalue weighted by Gasteiger charge is 2.29. The fourth-order valence-corrected chi connectivity index (χ4v) is 2.06. The van der Waals surface area contributed by atoms with Gasteiger partial charge in [-0.2, -0.15) is 0 Å². The van der Waals surface area contributed by atoms with Gasteiger partial charge in [-0.1, -0.05) is 6.92 Å². The highest BCUT2D eigenvalue weighted by atomic mass is 16.5. The average molecular weight is 308 g/mol. The Bertz CT molecular complexity index is 548. The molecule has 7 heteroatoms. The van der Waals surface area contributed by atoms with Crippen LogP contribution in [0.4, 0.5) is 0 Å². The lowest BCUT2D eigenvalue weighted by atomic mass is 10.2. The summed E-state index contributed by atoms with van der Waals surface area (Å²) in [6.45, 7) is 4.55. The Labute approximate surface area is 128 Å². The van der Waals surface area contributed by atoms with E-state index >= 15 is 0 Å². The van der Waals surface area contributed by atoms with Crippen molar-refractivity contribution >= 4 is 11.9 Å². The van der Waals surface area contributed by atoms with Gasteiger partial charge in [-0.05, 0) is 19.4 Å². The number of ether oxygens (including phenoxy) is 2. The lowest BCUT2D eigenvalue weighted by molar-refractivity contribution is -0.154. The molecule has 1 aromatic rings. The van der Waals surface area contributed by atoms with Gasteiger partial charge in [0.2, 0.25) is 5.88 Å². The van der Waals surface area contributed by atoms with Crippen LogP contribution in [-0.4, -0.2) is 58.8 Å². The Morgan fingerprint density at radius 1 is 1.59 bits per heavy atom. The van der Waals surface area contributed by atoms with Gasteiger partial charge >= 0.3 is 5.97 Å². The molecular formula is C15H20N2O5. The molecule has 22 heavy (non-hydrogen) atoms. The number of hydrogen-bond acceptors (Lipinski definition) is 5. The largest absolute Gasteiger partial charge is 0.479 e. The molecule has 120 valence electrons. The van der Waals surface area contributed by atoms with Crippen molar-refractivity contribution in [2.45, 2.75) is 32.5 Å². The molecule has 0 saturated carbocycles. The second-order valence-corrected chi connectivity index (χ2v) is 5.17. The fraction of sp³-hybridized carbons (Fsp3) is 0.533. The van der Waals surface area contributed by atoms with Crippen LogP contribution in [0.15, 0.2) is 18.3 Å². The molecular weight excluding hydrogens is 288 g/mol. The Morgan fingerprint density at radius 2 is 2.36 bits per heavy atom. The van der Waals surface area contributed by atoms with Crippen molar-refractivity contribution in [2.24, 2.45) is 0 Å². The molecule has 1 aliphatic heterocycles. The molecule has 1 aliphatic rings. The summed E-state index contributed by atoms with van der Waals surface area (Å²) in [4.78, 5) is 29.0. The molecule has 1 saturated heterocycles. The summed E-state index contributed by atoms with van der Waals surface area (Å²) >= 11 is 0. The third-order valence-electron chi connectivity index (χ3n) is 3.51. The van der Waals surface area contributed by atoms with Gasteiger partial charge in [0.15, 0.2) is 6.10 Å². The van der Waals surface area contributed by atoms with Crippen molar-refractivity contribution < 1.29 is 24.2 Å². The predicted octanol–water partition coefficient (Wildman–Crippen LogP) is 1.18. The van der Waals surface area contributed by atoms with Gasteiger partial charge in [-0.3, -0.25) is 4.79 Å². The van der Waals surface area contributed by atoms with E-state index in [-0.39, 0.29) is 25.2 Å². The number of hydrogen-bond donors (Lipinski definition) is 1. The summed E-state index contributed by atoms with van der Waals surface area (Å²) in [6, 6.07) is 3.18. The van der Waals surface area contributed by atoms with Crippen molar-refractivity contribution in [3.8, 4) is 5.88 Å². The molecule has 2 unspecified atom stereocenters. The normalized spacial score (nSPS) is 19.5. The fourth-order valence-electron chi connectivity index (χ4n) is 2.06. The minimum Gasteiger partial charge on any atom is -0.479 e. The maximum atomic E-state index is 12.5. The summed E-state index contributed by atoms with van der Waals surface area (Å²) in [7, 11) is 0. The van der Waals surface area contributed by atoms with Gasteiger partial charge in [0.1, 0.15) is 0 Å². The number of carboxylic acids is 1. The maximum Gasteiger partial charge on any atom is 0.334 e. The zero-order valence-corrected chi connectivity index (χ0v) is 12.7. The molecule has 1 aromatic heterocycles. The first-order chi connectivity index (χ1) is 10.5. The predicted molar refractivity (Wildman–Crippen MR) is 77.9 cm³/mol. The van der Waals surface area contributed by atoms with Crippen molar-refractivity contribution in [2.75, 3.05) is 19.7 Å². The quantitative estimate of drug-likeness (QED) is 0.879. The van der Waals surface area contributed by atoms with E-state index in [9.17, 15) is 9.59 Å². The zero-order valence-electron chi connectivity index (χ0n) is 12.7. The van der Waals surface area contributed by atoms with Crippen LogP contribution >= 0.6 is 0 Å². The number of pyridine rings is 1. The van der Waals surface area contributed by atoms with Gasteiger partial charge in [0.25, 0.3) is 5.91 Å². The minimum atomic E-state index is -1.06. The Kier molecular flexibility index (Phi) is 5.32. The Balaban J connectivity index is 2.08. The van der Waals surface area contributed by atoms with Crippen LogP contribution < -0.4 is 4.74 Å². The van der Waals surface area contributed by atoms with E-state index in [1.54, 1.807) is 12.1 Å². The van der Waals surface area contributed by atoms with Gasteiger partial charge < -0.3 is 19.5 Å². The number of rotatable bonds is 5. The lowest BCUT2D eigenvalue weighted by Crippen LogP contribution is -2.48. The Hall–Kier alpha value is -2.15. The number of aromatic nitrogens is 1. The molecule has 1 N–H and O–H groups in total. The van der Waals surface area contributed by atoms with Gasteiger partial charge in [-0.15, -0.1) is 0 Å². The average Bonchev–Trinajstić information content (AvgIpc) is 2.54. The van der Waals surface area contributed by atoms with E-state index in [4.69, 9.17) is 14.6 Å². The number of carbonyl (C=O) groups is 2. The molecule has 0 aromatic carbocycles. The molecule has 0 spiro atoms. The van der Waals surface area contributed by atoms with Crippen molar-refractivity contribution in [3.05, 3.63) is 23.9 Å². The summed E-state index contributed by atoms with van der Waals surface area (Å²) in [5, 5.41) is 8.99. The van der Waals surface area contributed by atoms with Crippen LogP contribution in [0.1, 0.15) is 30.6 Å². The smallest absolute Gasteiger partial charge is 0.334 e. The molecule has 1 fully saturated rings. The van der Waals surface area contributed by atoms with Crippen molar-refractivity contribution in [1.29, 1.82) is 0 Å². The molecule has 0 aliphatic carbocycles. The standard InChI is InChI=1S/C15H20N2O5/c1-3-10(2)22-13-8-11(4-5-16-13)14(18)17-6-7-21-12(9-17)15(19)20/h4-5,8,10,12H,3,6-7,9H2,1-2H3,(H,19,20). The third kappa shape index (κ3) is 3.94. The van der Waals surface area contributed by atoms with Crippen LogP contribution in [0.25, 0.3) is 0 Å². The highest BCUT2D eigenvalue weighted by molar-refractivity contribution is 5.94. The van der Waals surface area contributed by atoms with E-state index in [0.29, 0.717) is 18.0 Å². The van der Waals surface area contributed by atoms with Crippen LogP contribution in [-0.2, 0) is 9.53 Å². The summed E-state index contributed by atoms with van der Waals surface area (Å²) in [5.74, 6) is -0.915. The first kappa shape index (κ1) is 16.2. The SMILES string of the molecule is CCC(C)Oc1cc(C(=O)N2CCOC(C(=O)O)C2)ccn1. The topological polar surface area (TPSA) is 89.0 Å². The molecule has 0 bridgehead atoms. The van der Waals surface area contributed by atoms with Gasteiger partial charge in [-0.25, -0.2) is 9.78 Å².